The van der Waals surface area contributed by atoms with Crippen LogP contribution in [0.2, 0.25) is 0 Å². The van der Waals surface area contributed by atoms with E-state index in [0.29, 0.717) is 45.2 Å². The van der Waals surface area contributed by atoms with E-state index < -0.39 is 17.2 Å². The normalized spacial score (nSPS) is 29.8. The quantitative estimate of drug-likeness (QED) is 0.605. The molecule has 1 atom stereocenters. The summed E-state index contributed by atoms with van der Waals surface area (Å²) in [4.78, 5) is 29.7. The highest BCUT2D eigenvalue weighted by molar-refractivity contribution is 5.93. The van der Waals surface area contributed by atoms with E-state index in [1.54, 1.807) is 11.0 Å². The molecule has 1 aromatic rings. The number of hydrogen-bond acceptors (Lipinski definition) is 4. The summed E-state index contributed by atoms with van der Waals surface area (Å²) >= 11 is 0. The Labute approximate surface area is 210 Å². The lowest BCUT2D eigenvalue weighted by Crippen LogP contribution is -2.50. The summed E-state index contributed by atoms with van der Waals surface area (Å²) in [7, 11) is 0. The average molecular weight is 508 g/mol. The first kappa shape index (κ1) is 25.4. The highest BCUT2D eigenvalue weighted by Crippen LogP contribution is 2.46. The fourth-order valence-corrected chi connectivity index (χ4v) is 6.83. The van der Waals surface area contributed by atoms with Crippen molar-refractivity contribution >= 4 is 23.2 Å². The molecule has 6 nitrogen and oxygen atoms in total. The molecule has 5 rings (SSSR count). The third-order valence-electron chi connectivity index (χ3n) is 8.87. The summed E-state index contributed by atoms with van der Waals surface area (Å²) in [5, 5.41) is 12.5. The van der Waals surface area contributed by atoms with Gasteiger partial charge >= 0.3 is 6.18 Å². The number of nitrogens with one attached hydrogen (secondary N) is 1. The lowest BCUT2D eigenvalue weighted by molar-refractivity contribution is -0.139. The van der Waals surface area contributed by atoms with Crippen LogP contribution < -0.4 is 10.2 Å². The molecule has 0 bridgehead atoms. The monoisotopic (exact) mass is 507 g/mol. The van der Waals surface area contributed by atoms with Crippen LogP contribution in [0.5, 0.6) is 0 Å². The van der Waals surface area contributed by atoms with Gasteiger partial charge in [-0.15, -0.1) is 0 Å². The topological polar surface area (TPSA) is 72.9 Å². The van der Waals surface area contributed by atoms with E-state index >= 15 is 0 Å². The van der Waals surface area contributed by atoms with Gasteiger partial charge in [-0.05, 0) is 76.0 Å². The standard InChI is InChI=1S/C27H36F3N3O3/c28-27(29,30)22-16-19(31-24(35)18-4-1-2-5-18)6-11-23(22)32-14-3-12-26(17-32)13-15-33(25(26)36)20-7-9-21(34)10-8-20/h6,11,16,18,20-21,34H,1-5,7-10,12-15,17H2,(H,31,35)/t20?,21?,26-/m1/s1. The first-order valence-corrected chi connectivity index (χ1v) is 13.4. The molecule has 2 aliphatic carbocycles. The second-order valence-corrected chi connectivity index (χ2v) is 11.2. The number of benzene rings is 1. The van der Waals surface area contributed by atoms with Crippen LogP contribution in [0.1, 0.15) is 76.2 Å². The lowest BCUT2D eigenvalue weighted by atomic mass is 9.78. The molecule has 0 unspecified atom stereocenters. The Hall–Kier alpha value is -2.29. The van der Waals surface area contributed by atoms with Crippen LogP contribution in [0.15, 0.2) is 18.2 Å². The molecule has 36 heavy (non-hydrogen) atoms. The fourth-order valence-electron chi connectivity index (χ4n) is 6.83. The summed E-state index contributed by atoms with van der Waals surface area (Å²) < 4.78 is 42.5. The number of hydrogen-bond donors (Lipinski definition) is 2. The van der Waals surface area contributed by atoms with Crippen LogP contribution in [0.25, 0.3) is 0 Å². The summed E-state index contributed by atoms with van der Waals surface area (Å²) in [5.74, 6) is -0.288. The molecule has 2 N–H and O–H groups in total. The summed E-state index contributed by atoms with van der Waals surface area (Å²) in [6, 6.07) is 4.16. The molecule has 0 aromatic heterocycles. The van der Waals surface area contributed by atoms with Crippen LogP contribution >= 0.6 is 0 Å². The average Bonchev–Trinajstić information content (AvgIpc) is 3.49. The number of aliphatic hydroxyl groups is 1. The number of nitrogens with zero attached hydrogens (tertiary/aromatic N) is 2. The second-order valence-electron chi connectivity index (χ2n) is 11.2. The first-order chi connectivity index (χ1) is 17.2. The minimum Gasteiger partial charge on any atom is -0.393 e. The predicted molar refractivity (Wildman–Crippen MR) is 131 cm³/mol. The molecule has 4 fully saturated rings. The van der Waals surface area contributed by atoms with E-state index in [0.717, 1.165) is 44.6 Å². The number of carbonyl (C=O) groups excluding carboxylic acids is 2. The zero-order chi connectivity index (χ0) is 25.5. The van der Waals surface area contributed by atoms with E-state index in [1.165, 1.54) is 6.07 Å². The van der Waals surface area contributed by atoms with Gasteiger partial charge in [0.1, 0.15) is 0 Å². The third kappa shape index (κ3) is 4.95. The second kappa shape index (κ2) is 9.88. The van der Waals surface area contributed by atoms with E-state index in [2.05, 4.69) is 5.32 Å². The Morgan fingerprint density at radius 3 is 2.42 bits per heavy atom. The number of rotatable bonds is 4. The van der Waals surface area contributed by atoms with Crippen molar-refractivity contribution in [2.24, 2.45) is 11.3 Å². The van der Waals surface area contributed by atoms with Crippen LogP contribution in [-0.4, -0.2) is 53.6 Å². The van der Waals surface area contributed by atoms with Crippen molar-refractivity contribution in [1.29, 1.82) is 0 Å². The largest absolute Gasteiger partial charge is 0.418 e. The van der Waals surface area contributed by atoms with Crippen LogP contribution in [0, 0.1) is 11.3 Å². The lowest BCUT2D eigenvalue weighted by Gasteiger charge is -2.42. The summed E-state index contributed by atoms with van der Waals surface area (Å²) in [6.45, 7) is 1.36. The van der Waals surface area contributed by atoms with Crippen molar-refractivity contribution in [3.8, 4) is 0 Å². The molecule has 2 amide bonds. The molecule has 198 valence electrons. The van der Waals surface area contributed by atoms with E-state index in [9.17, 15) is 27.9 Å². The minimum atomic E-state index is -4.58. The Balaban J connectivity index is 1.34. The number of anilines is 2. The molecule has 2 saturated heterocycles. The van der Waals surface area contributed by atoms with Gasteiger partial charge in [-0.2, -0.15) is 13.2 Å². The Bertz CT molecular complexity index is 986. The maximum absolute atomic E-state index is 14.2. The van der Waals surface area contributed by atoms with Gasteiger partial charge in [0.25, 0.3) is 0 Å². The van der Waals surface area contributed by atoms with Gasteiger partial charge in [0.2, 0.25) is 11.8 Å². The van der Waals surface area contributed by atoms with Crippen molar-refractivity contribution in [3.05, 3.63) is 23.8 Å². The molecular formula is C27H36F3N3O3. The number of halogens is 3. The molecule has 2 heterocycles. The van der Waals surface area contributed by atoms with Crippen molar-refractivity contribution in [3.63, 3.8) is 0 Å². The number of alkyl halides is 3. The summed E-state index contributed by atoms with van der Waals surface area (Å²) in [6.07, 6.45) is 3.53. The van der Waals surface area contributed by atoms with Gasteiger partial charge in [-0.3, -0.25) is 9.59 Å². The fraction of sp³-hybridized carbons (Fsp3) is 0.704. The number of carbonyl (C=O) groups is 2. The van der Waals surface area contributed by atoms with Crippen molar-refractivity contribution in [2.75, 3.05) is 29.9 Å². The maximum atomic E-state index is 14.2. The smallest absolute Gasteiger partial charge is 0.393 e. The Morgan fingerprint density at radius 2 is 1.72 bits per heavy atom. The van der Waals surface area contributed by atoms with E-state index in [1.807, 2.05) is 4.90 Å². The molecule has 1 aromatic carbocycles. The molecule has 0 radical (unpaired) electrons. The number of amides is 2. The van der Waals surface area contributed by atoms with Crippen molar-refractivity contribution in [1.82, 2.24) is 4.90 Å². The van der Waals surface area contributed by atoms with E-state index in [4.69, 9.17) is 0 Å². The van der Waals surface area contributed by atoms with Gasteiger partial charge in [0.15, 0.2) is 0 Å². The predicted octanol–water partition coefficient (Wildman–Crippen LogP) is 4.96. The SMILES string of the molecule is O=C(Nc1ccc(N2CCC[C@@]3(CCN(C4CCC(O)CC4)C3=O)C2)c(C(F)(F)F)c1)C1CCCC1. The molecule has 1 spiro atoms. The van der Waals surface area contributed by atoms with Crippen LogP contribution in [0.3, 0.4) is 0 Å². The molecule has 2 saturated carbocycles. The summed E-state index contributed by atoms with van der Waals surface area (Å²) in [5.41, 5.74) is -1.19. The van der Waals surface area contributed by atoms with Gasteiger partial charge in [-0.25, -0.2) is 0 Å². The van der Waals surface area contributed by atoms with Crippen molar-refractivity contribution < 1.29 is 27.9 Å². The Kier molecular flexibility index (Phi) is 6.96. The van der Waals surface area contributed by atoms with E-state index in [-0.39, 0.29) is 47.8 Å². The third-order valence-corrected chi connectivity index (χ3v) is 8.87. The van der Waals surface area contributed by atoms with Crippen LogP contribution in [0.4, 0.5) is 24.5 Å². The molecular weight excluding hydrogens is 471 g/mol. The number of likely N-dealkylation sites (tertiary alicyclic amines) is 1. The van der Waals surface area contributed by atoms with Gasteiger partial charge in [0.05, 0.1) is 17.1 Å². The van der Waals surface area contributed by atoms with Crippen LogP contribution in [-0.2, 0) is 15.8 Å². The van der Waals surface area contributed by atoms with Gasteiger partial charge in [0, 0.05) is 43.0 Å². The van der Waals surface area contributed by atoms with Gasteiger partial charge in [-0.1, -0.05) is 12.8 Å². The number of aliphatic hydroxyl groups excluding tert-OH is 1. The highest BCUT2D eigenvalue weighted by Gasteiger charge is 2.51. The molecule has 2 aliphatic heterocycles. The Morgan fingerprint density at radius 1 is 1.00 bits per heavy atom. The van der Waals surface area contributed by atoms with Gasteiger partial charge < -0.3 is 20.2 Å². The highest BCUT2D eigenvalue weighted by atomic mass is 19.4. The first-order valence-electron chi connectivity index (χ1n) is 13.4. The molecule has 4 aliphatic rings. The maximum Gasteiger partial charge on any atom is 0.418 e. The minimum absolute atomic E-state index is 0.0580. The molecule has 9 heteroatoms. The van der Waals surface area contributed by atoms with Crippen molar-refractivity contribution in [2.45, 2.75) is 89.0 Å². The zero-order valence-electron chi connectivity index (χ0n) is 20.7. The number of piperidine rings is 1. The zero-order valence-corrected chi connectivity index (χ0v) is 20.7.